The van der Waals surface area contributed by atoms with Crippen LogP contribution in [0.1, 0.15) is 21.8 Å². The highest BCUT2D eigenvalue weighted by atomic mass is 16.5. The number of Topliss-reactive ketones (excluding diaryl/α,β-unsaturated/α-hetero) is 1. The summed E-state index contributed by atoms with van der Waals surface area (Å²) in [5, 5.41) is 3.95. The summed E-state index contributed by atoms with van der Waals surface area (Å²) >= 11 is 0. The zero-order valence-electron chi connectivity index (χ0n) is 18.7. The fourth-order valence-corrected chi connectivity index (χ4v) is 4.10. The van der Waals surface area contributed by atoms with E-state index >= 15 is 0 Å². The molecule has 1 aliphatic heterocycles. The molecule has 9 heteroatoms. The van der Waals surface area contributed by atoms with E-state index in [9.17, 15) is 9.59 Å². The molecule has 0 bridgehead atoms. The third-order valence-electron chi connectivity index (χ3n) is 6.01. The average molecular weight is 447 g/mol. The number of fused-ring (bicyclic) bond motifs is 1. The van der Waals surface area contributed by atoms with Crippen molar-refractivity contribution in [2.45, 2.75) is 13.5 Å². The number of piperazine rings is 1. The van der Waals surface area contributed by atoms with Crippen molar-refractivity contribution in [3.05, 3.63) is 70.0 Å². The molecule has 0 spiro atoms. The van der Waals surface area contributed by atoms with E-state index in [2.05, 4.69) is 27.0 Å². The number of ketones is 1. The highest BCUT2D eigenvalue weighted by Crippen LogP contribution is 2.20. The first-order valence-electron chi connectivity index (χ1n) is 10.9. The van der Waals surface area contributed by atoms with Gasteiger partial charge in [0.25, 0.3) is 0 Å². The molecule has 0 unspecified atom stereocenters. The van der Waals surface area contributed by atoms with Gasteiger partial charge in [-0.25, -0.2) is 4.79 Å². The van der Waals surface area contributed by atoms with Crippen molar-refractivity contribution < 1.29 is 13.7 Å². The Morgan fingerprint density at radius 2 is 1.91 bits per heavy atom. The van der Waals surface area contributed by atoms with Crippen LogP contribution in [0.4, 0.5) is 0 Å². The van der Waals surface area contributed by atoms with Gasteiger partial charge in [-0.15, -0.1) is 0 Å². The number of likely N-dealkylation sites (N-methyl/N-ethyl adjacent to an activating group) is 1. The lowest BCUT2D eigenvalue weighted by Gasteiger charge is -2.31. The van der Waals surface area contributed by atoms with Gasteiger partial charge < -0.3 is 13.8 Å². The van der Waals surface area contributed by atoms with Gasteiger partial charge in [0.05, 0.1) is 18.6 Å². The van der Waals surface area contributed by atoms with Crippen molar-refractivity contribution in [1.29, 1.82) is 0 Å². The Labute approximate surface area is 190 Å². The molecule has 33 heavy (non-hydrogen) atoms. The SMILES string of the molecule is Cc1nc(-c2cccc(Cn3c(=O)oc4cc(C(=O)CN5CCN(C)CC5)ccc43)c2)no1. The number of hydrogen-bond acceptors (Lipinski definition) is 8. The van der Waals surface area contributed by atoms with Crippen LogP contribution in [-0.2, 0) is 6.54 Å². The molecule has 2 aromatic carbocycles. The Balaban J connectivity index is 1.36. The average Bonchev–Trinajstić information content (AvgIpc) is 3.38. The molecule has 0 saturated carbocycles. The van der Waals surface area contributed by atoms with Crippen LogP contribution in [0.3, 0.4) is 0 Å². The van der Waals surface area contributed by atoms with Crippen LogP contribution >= 0.6 is 0 Å². The highest BCUT2D eigenvalue weighted by Gasteiger charge is 2.19. The van der Waals surface area contributed by atoms with Gasteiger partial charge in [0.1, 0.15) is 0 Å². The summed E-state index contributed by atoms with van der Waals surface area (Å²) in [7, 11) is 2.09. The number of benzene rings is 2. The molecule has 0 N–H and O–H groups in total. The zero-order valence-corrected chi connectivity index (χ0v) is 18.7. The Morgan fingerprint density at radius 3 is 2.67 bits per heavy atom. The zero-order chi connectivity index (χ0) is 22.9. The molecule has 0 aliphatic carbocycles. The van der Waals surface area contributed by atoms with Gasteiger partial charge in [0.2, 0.25) is 11.7 Å². The molecule has 170 valence electrons. The number of aryl methyl sites for hydroxylation is 1. The van der Waals surface area contributed by atoms with Crippen LogP contribution in [0.2, 0.25) is 0 Å². The fourth-order valence-electron chi connectivity index (χ4n) is 4.10. The molecule has 1 aliphatic rings. The van der Waals surface area contributed by atoms with Crippen LogP contribution in [0.25, 0.3) is 22.5 Å². The second-order valence-electron chi connectivity index (χ2n) is 8.48. The maximum absolute atomic E-state index is 12.8. The molecule has 2 aromatic heterocycles. The number of oxazole rings is 1. The van der Waals surface area contributed by atoms with Gasteiger partial charge in [0, 0.05) is 44.2 Å². The largest absolute Gasteiger partial charge is 0.420 e. The fraction of sp³-hybridized carbons (Fsp3) is 0.333. The molecule has 3 heterocycles. The summed E-state index contributed by atoms with van der Waals surface area (Å²) in [6.07, 6.45) is 0. The van der Waals surface area contributed by atoms with E-state index in [1.54, 1.807) is 29.7 Å². The smallest absolute Gasteiger partial charge is 0.408 e. The van der Waals surface area contributed by atoms with E-state index in [0.29, 0.717) is 41.5 Å². The molecular weight excluding hydrogens is 422 g/mol. The van der Waals surface area contributed by atoms with Crippen LogP contribution in [0.15, 0.2) is 56.2 Å². The van der Waals surface area contributed by atoms with Gasteiger partial charge in [0.15, 0.2) is 11.4 Å². The number of carbonyl (C=O) groups is 1. The standard InChI is InChI=1S/C24H25N5O4/c1-16-25-23(26-33-16)19-5-3-4-17(12-19)14-29-20-7-6-18(13-22(20)32-24(29)31)21(30)15-28-10-8-27(2)9-11-28/h3-7,12-13H,8-11,14-15H2,1-2H3. The normalized spacial score (nSPS) is 15.3. The molecule has 0 atom stereocenters. The summed E-state index contributed by atoms with van der Waals surface area (Å²) < 4.78 is 12.1. The number of aromatic nitrogens is 3. The highest BCUT2D eigenvalue weighted by molar-refractivity contribution is 6.00. The second-order valence-corrected chi connectivity index (χ2v) is 8.48. The molecule has 0 amide bonds. The number of rotatable bonds is 6. The second kappa shape index (κ2) is 8.76. The first kappa shape index (κ1) is 21.3. The summed E-state index contributed by atoms with van der Waals surface area (Å²) in [6, 6.07) is 12.8. The lowest BCUT2D eigenvalue weighted by Crippen LogP contribution is -2.46. The molecule has 5 rings (SSSR count). The molecular formula is C24H25N5O4. The van der Waals surface area contributed by atoms with Crippen LogP contribution in [0.5, 0.6) is 0 Å². The molecule has 1 saturated heterocycles. The van der Waals surface area contributed by atoms with Crippen molar-refractivity contribution >= 4 is 16.9 Å². The van der Waals surface area contributed by atoms with E-state index < -0.39 is 5.76 Å². The lowest BCUT2D eigenvalue weighted by molar-refractivity contribution is 0.0876. The predicted octanol–water partition coefficient (Wildman–Crippen LogP) is 2.43. The van der Waals surface area contributed by atoms with E-state index in [1.165, 1.54) is 0 Å². The maximum atomic E-state index is 12.8. The Morgan fingerprint density at radius 1 is 1.09 bits per heavy atom. The predicted molar refractivity (Wildman–Crippen MR) is 122 cm³/mol. The minimum absolute atomic E-state index is 0.0277. The first-order valence-corrected chi connectivity index (χ1v) is 10.9. The van der Waals surface area contributed by atoms with Crippen molar-refractivity contribution in [3.8, 4) is 11.4 Å². The Kier molecular flexibility index (Phi) is 5.65. The third-order valence-corrected chi connectivity index (χ3v) is 6.01. The summed E-state index contributed by atoms with van der Waals surface area (Å²) in [5.41, 5.74) is 3.32. The Bertz CT molecular complexity index is 1360. The van der Waals surface area contributed by atoms with Gasteiger partial charge >= 0.3 is 5.76 Å². The van der Waals surface area contributed by atoms with Gasteiger partial charge in [-0.2, -0.15) is 4.98 Å². The maximum Gasteiger partial charge on any atom is 0.420 e. The monoisotopic (exact) mass is 447 g/mol. The van der Waals surface area contributed by atoms with Crippen molar-refractivity contribution in [2.75, 3.05) is 39.8 Å². The quantitative estimate of drug-likeness (QED) is 0.416. The minimum atomic E-state index is -0.463. The van der Waals surface area contributed by atoms with Crippen molar-refractivity contribution in [3.63, 3.8) is 0 Å². The summed E-state index contributed by atoms with van der Waals surface area (Å²) in [5.74, 6) is 0.558. The first-order chi connectivity index (χ1) is 16.0. The molecule has 4 aromatic rings. The third kappa shape index (κ3) is 4.50. The van der Waals surface area contributed by atoms with Gasteiger partial charge in [-0.1, -0.05) is 23.4 Å². The topological polar surface area (TPSA) is 97.6 Å². The van der Waals surface area contributed by atoms with Crippen molar-refractivity contribution in [2.24, 2.45) is 0 Å². The number of hydrogen-bond donors (Lipinski definition) is 0. The van der Waals surface area contributed by atoms with E-state index in [0.717, 1.165) is 37.3 Å². The summed E-state index contributed by atoms with van der Waals surface area (Å²) in [4.78, 5) is 34.1. The lowest BCUT2D eigenvalue weighted by atomic mass is 10.1. The van der Waals surface area contributed by atoms with E-state index in [4.69, 9.17) is 8.94 Å². The van der Waals surface area contributed by atoms with Crippen LogP contribution in [-0.4, -0.2) is 70.1 Å². The Hall–Kier alpha value is -3.56. The van der Waals surface area contributed by atoms with Gasteiger partial charge in [-0.05, 0) is 36.9 Å². The number of nitrogens with zero attached hydrogens (tertiary/aromatic N) is 5. The van der Waals surface area contributed by atoms with Gasteiger partial charge in [-0.3, -0.25) is 14.3 Å². The van der Waals surface area contributed by atoms with Crippen molar-refractivity contribution in [1.82, 2.24) is 24.5 Å². The summed E-state index contributed by atoms with van der Waals surface area (Å²) in [6.45, 7) is 6.09. The van der Waals surface area contributed by atoms with Crippen LogP contribution in [0, 0.1) is 6.92 Å². The van der Waals surface area contributed by atoms with E-state index in [1.807, 2.05) is 24.3 Å². The van der Waals surface area contributed by atoms with Crippen LogP contribution < -0.4 is 5.76 Å². The molecule has 0 radical (unpaired) electrons. The minimum Gasteiger partial charge on any atom is -0.408 e. The number of carbonyl (C=O) groups excluding carboxylic acids is 1. The molecule has 9 nitrogen and oxygen atoms in total. The molecule has 1 fully saturated rings. The van der Waals surface area contributed by atoms with E-state index in [-0.39, 0.29) is 5.78 Å².